The molecular weight excluding hydrogens is 463 g/mol. The Bertz CT molecular complexity index is 858. The number of fused-ring (bicyclic) bond motifs is 1. The molecule has 4 nitrogen and oxygen atoms in total. The van der Waals surface area contributed by atoms with Crippen LogP contribution in [0.4, 0.5) is 13.2 Å². The van der Waals surface area contributed by atoms with Gasteiger partial charge in [-0.25, -0.2) is 0 Å². The maximum absolute atomic E-state index is 13.6. The van der Waals surface area contributed by atoms with Crippen LogP contribution in [0.3, 0.4) is 0 Å². The van der Waals surface area contributed by atoms with Crippen LogP contribution in [-0.2, 0) is 6.54 Å². The first kappa shape index (κ1) is 21.2. The Morgan fingerprint density at radius 1 is 0.964 bits per heavy atom. The summed E-state index contributed by atoms with van der Waals surface area (Å²) in [5.74, 6) is -3.67. The van der Waals surface area contributed by atoms with E-state index in [1.165, 1.54) is 24.3 Å². The molecule has 0 spiro atoms. The third kappa shape index (κ3) is 4.54. The molecule has 1 heterocycles. The summed E-state index contributed by atoms with van der Waals surface area (Å²) < 4.78 is 49.1. The van der Waals surface area contributed by atoms with Crippen molar-refractivity contribution in [2.24, 2.45) is 4.99 Å². The van der Waals surface area contributed by atoms with Crippen LogP contribution in [0.2, 0.25) is 5.02 Å². The lowest BCUT2D eigenvalue weighted by atomic mass is 10.2. The highest BCUT2D eigenvalue weighted by atomic mass is 35.6. The summed E-state index contributed by atoms with van der Waals surface area (Å²) in [6, 6.07) is 12.3. The number of hydrogen-bond donors (Lipinski definition) is 1. The molecule has 0 saturated heterocycles. The van der Waals surface area contributed by atoms with Gasteiger partial charge >= 0.3 is 12.1 Å². The lowest BCUT2D eigenvalue weighted by Gasteiger charge is -2.35. The minimum atomic E-state index is -4.89. The van der Waals surface area contributed by atoms with E-state index in [1.54, 1.807) is 24.3 Å². The highest BCUT2D eigenvalue weighted by Crippen LogP contribution is 2.48. The number of benzene rings is 2. The fraction of sp³-hybridized carbons (Fsp3) is 0.235. The molecule has 0 saturated carbocycles. The van der Waals surface area contributed by atoms with Gasteiger partial charge in [-0.3, -0.25) is 10.3 Å². The maximum Gasteiger partial charge on any atom is 0.449 e. The highest BCUT2D eigenvalue weighted by molar-refractivity contribution is 6.68. The normalized spacial score (nSPS) is 16.2. The smallest absolute Gasteiger partial charge is 0.428 e. The van der Waals surface area contributed by atoms with E-state index in [4.69, 9.17) is 55.9 Å². The SMILES string of the molecule is FC(F)(F)C(=NCc1ccc(Cl)cc1)NC1(C(Cl)(Cl)Cl)Oc2ccccc2O1. The van der Waals surface area contributed by atoms with E-state index in [2.05, 4.69) is 4.99 Å². The van der Waals surface area contributed by atoms with Crippen LogP contribution in [0.25, 0.3) is 0 Å². The van der Waals surface area contributed by atoms with E-state index in [-0.39, 0.29) is 18.0 Å². The summed E-state index contributed by atoms with van der Waals surface area (Å²) in [5.41, 5.74) is 0.493. The topological polar surface area (TPSA) is 42.9 Å². The van der Waals surface area contributed by atoms with E-state index >= 15 is 0 Å². The third-order valence-electron chi connectivity index (χ3n) is 3.61. The van der Waals surface area contributed by atoms with E-state index in [0.29, 0.717) is 10.6 Å². The van der Waals surface area contributed by atoms with E-state index in [0.717, 1.165) is 0 Å². The molecule has 1 aliphatic heterocycles. The van der Waals surface area contributed by atoms with Gasteiger partial charge in [0.2, 0.25) is 5.84 Å². The van der Waals surface area contributed by atoms with Gasteiger partial charge in [0.05, 0.1) is 6.54 Å². The lowest BCUT2D eigenvalue weighted by molar-refractivity contribution is -0.108. The molecule has 0 amide bonds. The van der Waals surface area contributed by atoms with Crippen LogP contribution in [0.5, 0.6) is 11.5 Å². The van der Waals surface area contributed by atoms with Gasteiger partial charge in [-0.2, -0.15) is 13.2 Å². The lowest BCUT2D eigenvalue weighted by Crippen LogP contribution is -2.65. The van der Waals surface area contributed by atoms with Gasteiger partial charge in [0.15, 0.2) is 11.5 Å². The van der Waals surface area contributed by atoms with Crippen LogP contribution in [0, 0.1) is 0 Å². The van der Waals surface area contributed by atoms with Crippen molar-refractivity contribution >= 4 is 52.2 Å². The second kappa shape index (κ2) is 7.71. The number of halogens is 7. The second-order valence-corrected chi connectivity index (χ2v) is 8.40. The Morgan fingerprint density at radius 3 is 1.96 bits per heavy atom. The Labute approximate surface area is 178 Å². The molecule has 3 rings (SSSR count). The summed E-state index contributed by atoms with van der Waals surface area (Å²) >= 11 is 23.5. The fourth-order valence-corrected chi connectivity index (χ4v) is 2.80. The Balaban J connectivity index is 1.92. The number of ether oxygens (including phenoxy) is 2. The van der Waals surface area contributed by atoms with Crippen molar-refractivity contribution in [3.63, 3.8) is 0 Å². The van der Waals surface area contributed by atoms with Crippen molar-refractivity contribution in [2.75, 3.05) is 0 Å². The molecule has 0 atom stereocenters. The highest BCUT2D eigenvalue weighted by Gasteiger charge is 2.61. The van der Waals surface area contributed by atoms with Gasteiger partial charge in [0.25, 0.3) is 3.79 Å². The number of aliphatic imine (C=N–C) groups is 1. The first-order chi connectivity index (χ1) is 13.0. The van der Waals surface area contributed by atoms with Gasteiger partial charge in [0.1, 0.15) is 0 Å². The van der Waals surface area contributed by atoms with Crippen molar-refractivity contribution in [3.05, 3.63) is 59.1 Å². The van der Waals surface area contributed by atoms with Crippen molar-refractivity contribution in [3.8, 4) is 11.5 Å². The molecule has 2 aromatic carbocycles. The van der Waals surface area contributed by atoms with E-state index < -0.39 is 21.7 Å². The van der Waals surface area contributed by atoms with Crippen LogP contribution < -0.4 is 14.8 Å². The van der Waals surface area contributed by atoms with Crippen molar-refractivity contribution < 1.29 is 22.6 Å². The minimum absolute atomic E-state index is 0.112. The average Bonchev–Trinajstić information content (AvgIpc) is 2.98. The van der Waals surface area contributed by atoms with Crippen molar-refractivity contribution in [1.82, 2.24) is 5.32 Å². The standard InChI is InChI=1S/C17H11Cl4F3N2O2/c18-11-7-5-10(6-8-11)9-25-14(15(22,23)24)26-17(16(19,20)21)27-12-3-1-2-4-13(12)28-17/h1-8H,9H2,(H,25,26). The van der Waals surface area contributed by atoms with Gasteiger partial charge < -0.3 is 9.47 Å². The zero-order valence-corrected chi connectivity index (χ0v) is 16.8. The third-order valence-corrected chi connectivity index (χ3v) is 4.61. The van der Waals surface area contributed by atoms with Gasteiger partial charge in [-0.15, -0.1) is 0 Å². The molecule has 11 heteroatoms. The van der Waals surface area contributed by atoms with Crippen molar-refractivity contribution in [2.45, 2.75) is 22.4 Å². The second-order valence-electron chi connectivity index (χ2n) is 5.68. The van der Waals surface area contributed by atoms with Crippen LogP contribution >= 0.6 is 46.4 Å². The van der Waals surface area contributed by atoms with Crippen molar-refractivity contribution in [1.29, 1.82) is 0 Å². The van der Waals surface area contributed by atoms with Gasteiger partial charge in [0, 0.05) is 5.02 Å². The van der Waals surface area contributed by atoms with Gasteiger partial charge in [-0.05, 0) is 29.8 Å². The minimum Gasteiger partial charge on any atom is -0.428 e. The first-order valence-electron chi connectivity index (χ1n) is 7.68. The molecule has 0 fully saturated rings. The molecule has 1 aliphatic rings. The first-order valence-corrected chi connectivity index (χ1v) is 9.19. The average molecular weight is 474 g/mol. The summed E-state index contributed by atoms with van der Waals surface area (Å²) in [4.78, 5) is 3.58. The summed E-state index contributed by atoms with van der Waals surface area (Å²) in [5, 5.41) is 2.44. The number of amidine groups is 1. The monoisotopic (exact) mass is 472 g/mol. The molecule has 28 heavy (non-hydrogen) atoms. The fourth-order valence-electron chi connectivity index (χ4n) is 2.30. The molecule has 0 aliphatic carbocycles. The van der Waals surface area contributed by atoms with Crippen LogP contribution in [0.1, 0.15) is 5.56 Å². The Kier molecular flexibility index (Phi) is 5.83. The summed E-state index contributed by atoms with van der Waals surface area (Å²) in [6.07, 6.45) is -4.89. The molecule has 1 N–H and O–H groups in total. The van der Waals surface area contributed by atoms with E-state index in [1.807, 2.05) is 5.32 Å². The predicted octanol–water partition coefficient (Wildman–Crippen LogP) is 5.89. The quantitative estimate of drug-likeness (QED) is 0.343. The Hall–Kier alpha value is -1.54. The largest absolute Gasteiger partial charge is 0.449 e. The van der Waals surface area contributed by atoms with Gasteiger partial charge in [-0.1, -0.05) is 70.7 Å². The zero-order chi connectivity index (χ0) is 20.6. The molecular formula is C17H11Cl4F3N2O2. The maximum atomic E-state index is 13.6. The molecule has 2 aromatic rings. The summed E-state index contributed by atoms with van der Waals surface area (Å²) in [7, 11) is 0. The molecule has 150 valence electrons. The number of hydrogen-bond acceptors (Lipinski definition) is 3. The number of nitrogens with zero attached hydrogens (tertiary/aromatic N) is 1. The number of rotatable bonds is 3. The number of alkyl halides is 6. The molecule has 0 bridgehead atoms. The molecule has 0 aromatic heterocycles. The van der Waals surface area contributed by atoms with Crippen LogP contribution in [0.15, 0.2) is 53.5 Å². The van der Waals surface area contributed by atoms with Crippen LogP contribution in [-0.4, -0.2) is 21.7 Å². The molecule has 0 radical (unpaired) electrons. The summed E-state index contributed by atoms with van der Waals surface area (Å²) in [6.45, 7) is -0.304. The Morgan fingerprint density at radius 2 is 1.50 bits per heavy atom. The zero-order valence-electron chi connectivity index (χ0n) is 13.7. The number of nitrogens with one attached hydrogen (secondary N) is 1. The molecule has 0 unspecified atom stereocenters. The van der Waals surface area contributed by atoms with E-state index in [9.17, 15) is 13.2 Å². The number of para-hydroxylation sites is 2. The predicted molar refractivity (Wildman–Crippen MR) is 103 cm³/mol.